The molecule has 1 aromatic heterocycles. The Labute approximate surface area is 107 Å². The molecular formula is C10H19N5O2S. The van der Waals surface area contributed by atoms with Crippen LogP contribution in [-0.4, -0.2) is 40.7 Å². The van der Waals surface area contributed by atoms with E-state index in [1.807, 2.05) is 0 Å². The molecule has 8 heteroatoms. The molecule has 102 valence electrons. The van der Waals surface area contributed by atoms with Gasteiger partial charge in [-0.15, -0.1) is 0 Å². The van der Waals surface area contributed by atoms with Crippen molar-refractivity contribution in [3.05, 3.63) is 12.0 Å². The Morgan fingerprint density at radius 1 is 1.61 bits per heavy atom. The monoisotopic (exact) mass is 273 g/mol. The molecular weight excluding hydrogens is 254 g/mol. The van der Waals surface area contributed by atoms with Crippen LogP contribution in [0.4, 0.5) is 0 Å². The summed E-state index contributed by atoms with van der Waals surface area (Å²) in [5, 5.41) is 7.24. The molecule has 0 aliphatic heterocycles. The van der Waals surface area contributed by atoms with E-state index in [0.29, 0.717) is 5.82 Å². The van der Waals surface area contributed by atoms with E-state index in [4.69, 9.17) is 11.1 Å². The van der Waals surface area contributed by atoms with Crippen LogP contribution >= 0.6 is 0 Å². The van der Waals surface area contributed by atoms with Crippen molar-refractivity contribution in [2.75, 3.05) is 6.54 Å². The minimum Gasteiger partial charge on any atom is -0.387 e. The number of sulfonamides is 1. The van der Waals surface area contributed by atoms with Gasteiger partial charge in [0.05, 0.1) is 6.54 Å². The second-order valence-corrected chi connectivity index (χ2v) is 6.24. The van der Waals surface area contributed by atoms with E-state index in [2.05, 4.69) is 4.98 Å². The summed E-state index contributed by atoms with van der Waals surface area (Å²) >= 11 is 0. The summed E-state index contributed by atoms with van der Waals surface area (Å²) < 4.78 is 27.5. The van der Waals surface area contributed by atoms with Gasteiger partial charge in [0.15, 0.2) is 5.03 Å². The SMILES string of the molecule is Cc1nc(S(=O)(=O)N(CC(=N)N)C(C)C)cn1C. The Balaban J connectivity index is 3.21. The smallest absolute Gasteiger partial charge is 0.262 e. The number of amidine groups is 1. The Kier molecular flexibility index (Phi) is 4.12. The Bertz CT molecular complexity index is 527. The number of hydrogen-bond donors (Lipinski definition) is 2. The van der Waals surface area contributed by atoms with Crippen LogP contribution in [0, 0.1) is 12.3 Å². The third-order valence-corrected chi connectivity index (χ3v) is 4.46. The predicted octanol–water partition coefficient (Wildman–Crippen LogP) is 0.0636. The van der Waals surface area contributed by atoms with Crippen molar-refractivity contribution < 1.29 is 8.42 Å². The molecule has 3 N–H and O–H groups in total. The van der Waals surface area contributed by atoms with Crippen LogP contribution in [0.15, 0.2) is 11.2 Å². The van der Waals surface area contributed by atoms with E-state index < -0.39 is 10.0 Å². The standard InChI is InChI=1S/C10H19N5O2S/c1-7(2)15(5-9(11)12)18(16,17)10-6-14(4)8(3)13-10/h6-7H,5H2,1-4H3,(H3,11,12). The van der Waals surface area contributed by atoms with Gasteiger partial charge in [-0.05, 0) is 20.8 Å². The maximum absolute atomic E-state index is 12.4. The van der Waals surface area contributed by atoms with E-state index in [0.717, 1.165) is 4.31 Å². The maximum Gasteiger partial charge on any atom is 0.262 e. The molecule has 1 heterocycles. The first-order valence-electron chi connectivity index (χ1n) is 5.51. The van der Waals surface area contributed by atoms with Gasteiger partial charge in [0, 0.05) is 19.3 Å². The Morgan fingerprint density at radius 2 is 2.17 bits per heavy atom. The molecule has 0 saturated heterocycles. The number of nitrogens with two attached hydrogens (primary N) is 1. The molecule has 0 amide bonds. The molecule has 0 bridgehead atoms. The average Bonchev–Trinajstić information content (AvgIpc) is 2.55. The number of aryl methyl sites for hydroxylation is 2. The van der Waals surface area contributed by atoms with Crippen LogP contribution in [0.5, 0.6) is 0 Å². The number of nitrogens with one attached hydrogen (secondary N) is 1. The summed E-state index contributed by atoms with van der Waals surface area (Å²) in [7, 11) is -1.99. The molecule has 18 heavy (non-hydrogen) atoms. The quantitative estimate of drug-likeness (QED) is 0.584. The number of hydrogen-bond acceptors (Lipinski definition) is 4. The molecule has 1 aromatic rings. The first-order chi connectivity index (χ1) is 8.16. The lowest BCUT2D eigenvalue weighted by Gasteiger charge is -2.24. The highest BCUT2D eigenvalue weighted by molar-refractivity contribution is 7.89. The third-order valence-electron chi connectivity index (χ3n) is 2.56. The van der Waals surface area contributed by atoms with Gasteiger partial charge in [-0.1, -0.05) is 0 Å². The fraction of sp³-hybridized carbons (Fsp3) is 0.600. The van der Waals surface area contributed by atoms with Gasteiger partial charge in [-0.3, -0.25) is 5.41 Å². The molecule has 0 aliphatic rings. The minimum absolute atomic E-state index is 0.0162. The van der Waals surface area contributed by atoms with Crippen molar-refractivity contribution in [2.45, 2.75) is 31.8 Å². The highest BCUT2D eigenvalue weighted by atomic mass is 32.2. The number of rotatable bonds is 5. The molecule has 0 aliphatic carbocycles. The number of imidazole rings is 1. The van der Waals surface area contributed by atoms with Crippen LogP contribution in [-0.2, 0) is 17.1 Å². The van der Waals surface area contributed by atoms with E-state index >= 15 is 0 Å². The molecule has 0 saturated carbocycles. The Morgan fingerprint density at radius 3 is 2.50 bits per heavy atom. The number of aromatic nitrogens is 2. The van der Waals surface area contributed by atoms with E-state index in [1.165, 1.54) is 6.20 Å². The van der Waals surface area contributed by atoms with Crippen molar-refractivity contribution in [3.63, 3.8) is 0 Å². The summed E-state index contributed by atoms with van der Waals surface area (Å²) in [4.78, 5) is 4.01. The van der Waals surface area contributed by atoms with Gasteiger partial charge >= 0.3 is 0 Å². The van der Waals surface area contributed by atoms with Gasteiger partial charge in [0.25, 0.3) is 10.0 Å². The largest absolute Gasteiger partial charge is 0.387 e. The molecule has 0 unspecified atom stereocenters. The van der Waals surface area contributed by atoms with E-state index in [-0.39, 0.29) is 23.4 Å². The topological polar surface area (TPSA) is 105 Å². The maximum atomic E-state index is 12.4. The second-order valence-electron chi connectivity index (χ2n) is 4.41. The minimum atomic E-state index is -3.72. The van der Waals surface area contributed by atoms with Crippen molar-refractivity contribution in [3.8, 4) is 0 Å². The lowest BCUT2D eigenvalue weighted by molar-refractivity contribution is 0.387. The van der Waals surface area contributed by atoms with Crippen molar-refractivity contribution in [1.29, 1.82) is 5.41 Å². The van der Waals surface area contributed by atoms with Crippen LogP contribution in [0.1, 0.15) is 19.7 Å². The van der Waals surface area contributed by atoms with Crippen molar-refractivity contribution in [1.82, 2.24) is 13.9 Å². The summed E-state index contributed by atoms with van der Waals surface area (Å²) in [5.41, 5.74) is 5.29. The average molecular weight is 273 g/mol. The molecule has 0 spiro atoms. The third kappa shape index (κ3) is 2.88. The van der Waals surface area contributed by atoms with Crippen LogP contribution in [0.3, 0.4) is 0 Å². The molecule has 0 fully saturated rings. The highest BCUT2D eigenvalue weighted by Gasteiger charge is 2.29. The first-order valence-corrected chi connectivity index (χ1v) is 6.95. The van der Waals surface area contributed by atoms with Crippen molar-refractivity contribution >= 4 is 15.9 Å². The highest BCUT2D eigenvalue weighted by Crippen LogP contribution is 2.16. The lowest BCUT2D eigenvalue weighted by Crippen LogP contribution is -2.42. The normalized spacial score (nSPS) is 12.3. The van der Waals surface area contributed by atoms with Gasteiger partial charge in [0.1, 0.15) is 11.7 Å². The van der Waals surface area contributed by atoms with Crippen LogP contribution in [0.2, 0.25) is 0 Å². The van der Waals surface area contributed by atoms with E-state index in [1.54, 1.807) is 32.4 Å². The van der Waals surface area contributed by atoms with Gasteiger partial charge in [-0.2, -0.15) is 4.31 Å². The zero-order chi connectivity index (χ0) is 14.1. The van der Waals surface area contributed by atoms with Crippen molar-refractivity contribution in [2.24, 2.45) is 12.8 Å². The fourth-order valence-electron chi connectivity index (χ4n) is 1.48. The zero-order valence-corrected chi connectivity index (χ0v) is 11.8. The summed E-state index contributed by atoms with van der Waals surface area (Å²) in [6.07, 6.45) is 1.46. The van der Waals surface area contributed by atoms with Crippen LogP contribution < -0.4 is 5.73 Å². The fourth-order valence-corrected chi connectivity index (χ4v) is 3.13. The number of nitrogens with zero attached hydrogens (tertiary/aromatic N) is 3. The van der Waals surface area contributed by atoms with Gasteiger partial charge in [-0.25, -0.2) is 13.4 Å². The van der Waals surface area contributed by atoms with Gasteiger partial charge in [0.2, 0.25) is 0 Å². The van der Waals surface area contributed by atoms with Gasteiger partial charge < -0.3 is 10.3 Å². The first kappa shape index (κ1) is 14.7. The summed E-state index contributed by atoms with van der Waals surface area (Å²) in [5.74, 6) is 0.417. The van der Waals surface area contributed by atoms with E-state index in [9.17, 15) is 8.42 Å². The summed E-state index contributed by atoms with van der Waals surface area (Å²) in [6.45, 7) is 5.06. The second kappa shape index (κ2) is 5.07. The molecule has 0 atom stereocenters. The molecule has 0 radical (unpaired) electrons. The molecule has 7 nitrogen and oxygen atoms in total. The predicted molar refractivity (Wildman–Crippen MR) is 68.9 cm³/mol. The molecule has 0 aromatic carbocycles. The molecule has 1 rings (SSSR count). The lowest BCUT2D eigenvalue weighted by atomic mass is 10.4. The Hall–Kier alpha value is -1.41. The summed E-state index contributed by atoms with van der Waals surface area (Å²) in [6, 6.07) is -0.291. The van der Waals surface area contributed by atoms with Crippen LogP contribution in [0.25, 0.3) is 0 Å². The zero-order valence-electron chi connectivity index (χ0n) is 11.0.